The molecule has 2 heterocycles. The highest BCUT2D eigenvalue weighted by molar-refractivity contribution is 6.43. The topological polar surface area (TPSA) is 86.8 Å². The van der Waals surface area contributed by atoms with Crippen LogP contribution in [0.2, 0.25) is 5.02 Å². The summed E-state index contributed by atoms with van der Waals surface area (Å²) in [6.45, 7) is 0. The molecule has 1 saturated heterocycles. The number of rotatable bonds is 5. The average Bonchev–Trinajstić information content (AvgIpc) is 3.08. The van der Waals surface area contributed by atoms with E-state index in [-0.39, 0.29) is 39.4 Å². The molecule has 174 valence electrons. The molecule has 4 amide bonds. The average molecular weight is 501 g/mol. The Morgan fingerprint density at radius 1 is 1.08 bits per heavy atom. The van der Waals surface area contributed by atoms with Crippen molar-refractivity contribution in [3.05, 3.63) is 69.7 Å². The van der Waals surface area contributed by atoms with Crippen LogP contribution in [0.4, 0.5) is 8.78 Å². The minimum absolute atomic E-state index is 0.00356. The van der Waals surface area contributed by atoms with Crippen LogP contribution in [0.15, 0.2) is 42.5 Å². The van der Waals surface area contributed by atoms with Crippen molar-refractivity contribution in [1.29, 1.82) is 0 Å². The van der Waals surface area contributed by atoms with E-state index in [4.69, 9.17) is 43.1 Å². The largest absolute Gasteiger partial charge is 0.398 e. The minimum Gasteiger partial charge on any atom is -0.398 e. The zero-order chi connectivity index (χ0) is 26.6. The highest BCUT2D eigenvalue weighted by Crippen LogP contribution is 2.38. The van der Waals surface area contributed by atoms with Crippen molar-refractivity contribution in [1.82, 2.24) is 15.0 Å². The van der Waals surface area contributed by atoms with Gasteiger partial charge in [0.2, 0.25) is 19.8 Å². The summed E-state index contributed by atoms with van der Waals surface area (Å²) in [5.41, 5.74) is -0.470. The molecule has 0 spiro atoms. The van der Waals surface area contributed by atoms with Crippen LogP contribution in [-0.4, -0.2) is 70.9 Å². The zero-order valence-electron chi connectivity index (χ0n) is 18.6. The summed E-state index contributed by atoms with van der Waals surface area (Å²) in [5, 5.41) is -0.0874. The Hall–Kier alpha value is -3.07. The van der Waals surface area contributed by atoms with Gasteiger partial charge in [0.05, 0.1) is 15.7 Å². The first-order valence-electron chi connectivity index (χ1n) is 10.6. The second kappa shape index (κ2) is 9.10. The summed E-state index contributed by atoms with van der Waals surface area (Å²) >= 11 is 5.72. The van der Waals surface area contributed by atoms with Gasteiger partial charge in [-0.05, 0) is 41.1 Å². The highest BCUT2D eigenvalue weighted by atomic mass is 35.5. The van der Waals surface area contributed by atoms with E-state index in [0.717, 1.165) is 17.0 Å². The van der Waals surface area contributed by atoms with Gasteiger partial charge in [-0.2, -0.15) is 8.78 Å². The van der Waals surface area contributed by atoms with Crippen LogP contribution < -0.4 is 5.32 Å². The number of carbonyl (C=O) groups excluding carboxylic acids is 4. The standard InChI is InChI=1S/C22H14B4ClF2N3O4/c23-17-14-9-11(3-6-13(14)19(35)31(17)15-7-8-16(33)30-18(15)34)22(24,25)32(26)20(36)21(28,29)10-1-4-12(27)5-2-10/h1-6,9,15,17H,7-8H2,(H,30,33,34). The van der Waals surface area contributed by atoms with E-state index in [1.165, 1.54) is 30.3 Å². The van der Waals surface area contributed by atoms with Gasteiger partial charge in [0, 0.05) is 28.5 Å². The van der Waals surface area contributed by atoms with Gasteiger partial charge < -0.3 is 9.71 Å². The van der Waals surface area contributed by atoms with Gasteiger partial charge in [0.1, 0.15) is 13.9 Å². The molecule has 1 N–H and O–H groups in total. The number of hydrogen-bond acceptors (Lipinski definition) is 4. The van der Waals surface area contributed by atoms with Crippen molar-refractivity contribution in [2.45, 2.75) is 36.1 Å². The fourth-order valence-corrected chi connectivity index (χ4v) is 4.32. The fraction of sp³-hybridized carbons (Fsp3) is 0.273. The number of nitrogens with one attached hydrogen (secondary N) is 1. The van der Waals surface area contributed by atoms with Gasteiger partial charge in [0.15, 0.2) is 0 Å². The second-order valence-corrected chi connectivity index (χ2v) is 8.94. The number of carbonyl (C=O) groups is 4. The number of alkyl halides is 2. The van der Waals surface area contributed by atoms with Gasteiger partial charge >= 0.3 is 5.92 Å². The lowest BCUT2D eigenvalue weighted by molar-refractivity contribution is -0.155. The molecular weight excluding hydrogens is 487 g/mol. The molecule has 2 aromatic rings. The van der Waals surface area contributed by atoms with E-state index in [9.17, 15) is 28.0 Å². The molecule has 2 aromatic carbocycles. The van der Waals surface area contributed by atoms with Gasteiger partial charge in [-0.3, -0.25) is 24.5 Å². The number of imide groups is 1. The first kappa shape index (κ1) is 26.0. The van der Waals surface area contributed by atoms with Crippen molar-refractivity contribution < 1.29 is 28.0 Å². The van der Waals surface area contributed by atoms with E-state index in [1.54, 1.807) is 0 Å². The number of amides is 4. The molecule has 0 aromatic heterocycles. The second-order valence-electron chi connectivity index (χ2n) is 8.51. The van der Waals surface area contributed by atoms with Gasteiger partial charge in [-0.25, -0.2) is 0 Å². The summed E-state index contributed by atoms with van der Waals surface area (Å²) in [4.78, 5) is 50.5. The fourth-order valence-electron chi connectivity index (χ4n) is 4.19. The zero-order valence-corrected chi connectivity index (χ0v) is 19.3. The van der Waals surface area contributed by atoms with E-state index in [1.807, 2.05) is 0 Å². The van der Waals surface area contributed by atoms with Crippen LogP contribution in [0, 0.1) is 0 Å². The van der Waals surface area contributed by atoms with Gasteiger partial charge in [-0.1, -0.05) is 35.9 Å². The van der Waals surface area contributed by atoms with E-state index >= 15 is 0 Å². The predicted octanol–water partition coefficient (Wildman–Crippen LogP) is 0.919. The summed E-state index contributed by atoms with van der Waals surface area (Å²) in [7, 11) is 24.0. The molecule has 7 nitrogen and oxygen atoms in total. The van der Waals surface area contributed by atoms with Crippen molar-refractivity contribution in [2.75, 3.05) is 0 Å². The highest BCUT2D eigenvalue weighted by Gasteiger charge is 2.47. The van der Waals surface area contributed by atoms with E-state index in [2.05, 4.69) is 5.32 Å². The van der Waals surface area contributed by atoms with Crippen molar-refractivity contribution in [3.8, 4) is 0 Å². The molecule has 2 aliphatic rings. The Kier molecular flexibility index (Phi) is 6.58. The lowest BCUT2D eigenvalue weighted by atomic mass is 9.55. The predicted molar refractivity (Wildman–Crippen MR) is 128 cm³/mol. The molecular formula is C22H14B4ClF2N3O4. The van der Waals surface area contributed by atoms with Crippen molar-refractivity contribution in [2.24, 2.45) is 0 Å². The summed E-state index contributed by atoms with van der Waals surface area (Å²) in [6, 6.07) is 7.10. The van der Waals surface area contributed by atoms with Crippen LogP contribution in [0.25, 0.3) is 0 Å². The molecule has 2 atom stereocenters. The van der Waals surface area contributed by atoms with Crippen LogP contribution in [0.5, 0.6) is 0 Å². The lowest BCUT2D eigenvalue weighted by Gasteiger charge is -2.40. The molecule has 4 rings (SSSR count). The third-order valence-electron chi connectivity index (χ3n) is 6.24. The van der Waals surface area contributed by atoms with E-state index < -0.39 is 52.4 Å². The first-order valence-corrected chi connectivity index (χ1v) is 11.0. The Labute approximate surface area is 215 Å². The summed E-state index contributed by atoms with van der Waals surface area (Å²) in [5.74, 6) is -8.82. The molecule has 2 aliphatic heterocycles. The maximum atomic E-state index is 14.9. The Morgan fingerprint density at radius 2 is 1.69 bits per heavy atom. The van der Waals surface area contributed by atoms with Crippen LogP contribution >= 0.6 is 11.6 Å². The molecule has 14 heteroatoms. The van der Waals surface area contributed by atoms with Gasteiger partial charge in [0.25, 0.3) is 11.8 Å². The Bertz CT molecular complexity index is 1280. The van der Waals surface area contributed by atoms with Crippen LogP contribution in [-0.2, 0) is 25.6 Å². The third kappa shape index (κ3) is 4.23. The maximum absolute atomic E-state index is 14.9. The third-order valence-corrected chi connectivity index (χ3v) is 6.49. The summed E-state index contributed by atoms with van der Waals surface area (Å²) < 4.78 is 29.7. The lowest BCUT2D eigenvalue weighted by Crippen LogP contribution is -2.54. The quantitative estimate of drug-likeness (QED) is 0.488. The number of halogens is 3. The molecule has 8 radical (unpaired) electrons. The number of benzene rings is 2. The maximum Gasteiger partial charge on any atom is 0.348 e. The molecule has 0 saturated carbocycles. The first-order chi connectivity index (χ1) is 16.8. The Balaban J connectivity index is 1.62. The molecule has 0 bridgehead atoms. The number of fused-ring (bicyclic) bond motifs is 1. The number of nitrogens with zero attached hydrogens (tertiary/aromatic N) is 2. The Morgan fingerprint density at radius 3 is 2.31 bits per heavy atom. The normalized spacial score (nSPS) is 20.2. The minimum atomic E-state index is -4.09. The SMILES string of the molecule is [B]C1c2cc(C([B])([B])N([B])C(=O)C(F)(F)c3ccc(Cl)cc3)ccc2C(=O)N1C1CCC(=O)NC1=O. The number of piperidine rings is 1. The molecule has 36 heavy (non-hydrogen) atoms. The van der Waals surface area contributed by atoms with E-state index in [0.29, 0.717) is 0 Å². The summed E-state index contributed by atoms with van der Waals surface area (Å²) in [6.07, 6.45) is 0.100. The van der Waals surface area contributed by atoms with Crippen molar-refractivity contribution >= 4 is 66.7 Å². The molecule has 2 unspecified atom stereocenters. The smallest absolute Gasteiger partial charge is 0.348 e. The molecule has 0 aliphatic carbocycles. The molecule has 1 fully saturated rings. The van der Waals surface area contributed by atoms with Gasteiger partial charge in [-0.15, -0.1) is 0 Å². The monoisotopic (exact) mass is 501 g/mol. The number of hydrogen-bond donors (Lipinski definition) is 1. The van der Waals surface area contributed by atoms with Crippen molar-refractivity contribution in [3.63, 3.8) is 0 Å². The van der Waals surface area contributed by atoms with Crippen LogP contribution in [0.3, 0.4) is 0 Å². The van der Waals surface area contributed by atoms with Crippen LogP contribution in [0.1, 0.15) is 45.8 Å².